The van der Waals surface area contributed by atoms with Gasteiger partial charge in [0.2, 0.25) is 0 Å². The van der Waals surface area contributed by atoms with Crippen molar-refractivity contribution in [3.05, 3.63) is 24.3 Å². The van der Waals surface area contributed by atoms with Gasteiger partial charge < -0.3 is 15.2 Å². The fraction of sp³-hybridized carbons (Fsp3) is 0.579. The van der Waals surface area contributed by atoms with Crippen molar-refractivity contribution in [3.8, 4) is 0 Å². The van der Waals surface area contributed by atoms with E-state index in [2.05, 4.69) is 58.4 Å². The number of ketones is 1. The summed E-state index contributed by atoms with van der Waals surface area (Å²) in [4.78, 5) is 15.9. The van der Waals surface area contributed by atoms with Crippen LogP contribution in [0.3, 0.4) is 0 Å². The first-order chi connectivity index (χ1) is 11.8. The van der Waals surface area contributed by atoms with Crippen molar-refractivity contribution in [2.75, 3.05) is 36.8 Å². The zero-order valence-corrected chi connectivity index (χ0v) is 17.4. The lowest BCUT2D eigenvalue weighted by molar-refractivity contribution is -0.116. The lowest BCUT2D eigenvalue weighted by atomic mass is 10.1. The Labute approximate surface area is 156 Å². The molecule has 0 saturated heterocycles. The Morgan fingerprint density at radius 3 is 2.20 bits per heavy atom. The number of hydrogen-bond donors (Lipinski definition) is 1. The summed E-state index contributed by atoms with van der Waals surface area (Å²) in [6, 6.07) is 8.44. The second-order valence-electron chi connectivity index (χ2n) is 6.39. The monoisotopic (exact) mass is 364 g/mol. The van der Waals surface area contributed by atoms with Crippen LogP contribution in [0.5, 0.6) is 0 Å². The number of Topliss-reactive ketones (excluding diaryl/α,β-unsaturated/α-hetero) is 1. The summed E-state index contributed by atoms with van der Waals surface area (Å²) in [6.45, 7) is 7.94. The van der Waals surface area contributed by atoms with E-state index >= 15 is 0 Å². The van der Waals surface area contributed by atoms with Gasteiger partial charge in [0.15, 0.2) is 0 Å². The summed E-state index contributed by atoms with van der Waals surface area (Å²) in [5.41, 5.74) is 5.18. The van der Waals surface area contributed by atoms with Gasteiger partial charge in [-0.15, -0.1) is 11.8 Å². The number of hydrogen-bond acceptors (Lipinski definition) is 5. The highest BCUT2D eigenvalue weighted by atomic mass is 32.2. The molecule has 0 aromatic heterocycles. The van der Waals surface area contributed by atoms with Crippen LogP contribution in [0.2, 0.25) is 0 Å². The number of benzene rings is 1. The smallest absolute Gasteiger partial charge is 0.142 e. The van der Waals surface area contributed by atoms with Crippen molar-refractivity contribution in [3.63, 3.8) is 0 Å². The molecule has 0 radical (unpaired) electrons. The van der Waals surface area contributed by atoms with Gasteiger partial charge in [0.05, 0.1) is 11.1 Å². The molecule has 1 N–H and O–H groups in total. The summed E-state index contributed by atoms with van der Waals surface area (Å²) in [5, 5.41) is 4.50. The van der Waals surface area contributed by atoms with Gasteiger partial charge in [-0.3, -0.25) is 4.79 Å². The third kappa shape index (κ3) is 6.27. The molecule has 0 fully saturated rings. The third-order valence-electron chi connectivity index (χ3n) is 4.26. The molecule has 0 bridgehead atoms. The molecule has 0 saturated carbocycles. The highest BCUT2D eigenvalue weighted by Crippen LogP contribution is 2.26. The van der Waals surface area contributed by atoms with Gasteiger partial charge >= 0.3 is 0 Å². The van der Waals surface area contributed by atoms with Crippen molar-refractivity contribution in [2.45, 2.75) is 39.4 Å². The molecule has 5 nitrogen and oxygen atoms in total. The number of amidine groups is 1. The maximum absolute atomic E-state index is 11.6. The van der Waals surface area contributed by atoms with Gasteiger partial charge in [0.25, 0.3) is 0 Å². The van der Waals surface area contributed by atoms with Gasteiger partial charge in [0, 0.05) is 38.4 Å². The minimum absolute atomic E-state index is 0.0312. The van der Waals surface area contributed by atoms with Gasteiger partial charge in [-0.1, -0.05) is 13.8 Å². The van der Waals surface area contributed by atoms with Crippen molar-refractivity contribution >= 4 is 34.8 Å². The standard InChI is InChI=1S/C19H32N4OS/c1-8-14(2)19(21-20-5)23(13-25-16(4)15(3)24)18-11-9-17(10-12-18)22(6)7/h9-12,14,16,20H,8,13H2,1-7H3/b21-19-. The van der Waals surface area contributed by atoms with E-state index in [0.29, 0.717) is 11.8 Å². The molecule has 140 valence electrons. The van der Waals surface area contributed by atoms with Crippen molar-refractivity contribution in [2.24, 2.45) is 11.0 Å². The Bertz CT molecular complexity index is 571. The third-order valence-corrected chi connectivity index (χ3v) is 5.50. The molecule has 0 aliphatic carbocycles. The van der Waals surface area contributed by atoms with Crippen molar-refractivity contribution in [1.82, 2.24) is 5.43 Å². The zero-order chi connectivity index (χ0) is 19.0. The topological polar surface area (TPSA) is 47.9 Å². The highest BCUT2D eigenvalue weighted by Gasteiger charge is 2.21. The van der Waals surface area contributed by atoms with Crippen LogP contribution in [0.4, 0.5) is 11.4 Å². The molecule has 0 amide bonds. The maximum atomic E-state index is 11.6. The number of rotatable bonds is 9. The molecule has 0 aliphatic rings. The lowest BCUT2D eigenvalue weighted by Gasteiger charge is -2.30. The quantitative estimate of drug-likeness (QED) is 0.312. The number of thioether (sulfide) groups is 1. The average Bonchev–Trinajstić information content (AvgIpc) is 2.60. The van der Waals surface area contributed by atoms with Crippen LogP contribution in [-0.4, -0.2) is 43.9 Å². The number of nitrogens with zero attached hydrogens (tertiary/aromatic N) is 3. The number of carbonyl (C=O) groups excluding carboxylic acids is 1. The van der Waals surface area contributed by atoms with Gasteiger partial charge in [0.1, 0.15) is 11.6 Å². The number of hydrazone groups is 1. The van der Waals surface area contributed by atoms with Crippen LogP contribution >= 0.6 is 11.8 Å². The molecule has 0 heterocycles. The molecular formula is C19H32N4OS. The highest BCUT2D eigenvalue weighted by molar-refractivity contribution is 8.00. The fourth-order valence-electron chi connectivity index (χ4n) is 2.24. The average molecular weight is 365 g/mol. The van der Waals surface area contributed by atoms with E-state index in [9.17, 15) is 4.79 Å². The maximum Gasteiger partial charge on any atom is 0.142 e. The first-order valence-corrected chi connectivity index (χ1v) is 9.77. The Kier molecular flexibility index (Phi) is 8.83. The summed E-state index contributed by atoms with van der Waals surface area (Å²) >= 11 is 1.64. The molecule has 25 heavy (non-hydrogen) atoms. The molecule has 1 rings (SSSR count). The van der Waals surface area contributed by atoms with Crippen LogP contribution in [-0.2, 0) is 4.79 Å². The van der Waals surface area contributed by atoms with E-state index in [1.807, 2.05) is 28.1 Å². The predicted molar refractivity (Wildman–Crippen MR) is 112 cm³/mol. The fourth-order valence-corrected chi connectivity index (χ4v) is 3.13. The summed E-state index contributed by atoms with van der Waals surface area (Å²) in [7, 11) is 5.88. The molecule has 2 unspecified atom stereocenters. The van der Waals surface area contributed by atoms with Crippen molar-refractivity contribution in [1.29, 1.82) is 0 Å². The lowest BCUT2D eigenvalue weighted by Crippen LogP contribution is -2.37. The van der Waals surface area contributed by atoms with Crippen LogP contribution in [0.1, 0.15) is 34.1 Å². The minimum atomic E-state index is -0.0312. The Morgan fingerprint density at radius 2 is 1.76 bits per heavy atom. The molecular weight excluding hydrogens is 332 g/mol. The molecule has 6 heteroatoms. The van der Waals surface area contributed by atoms with Crippen LogP contribution in [0.15, 0.2) is 29.4 Å². The predicted octanol–water partition coefficient (Wildman–Crippen LogP) is 3.81. The molecule has 1 aromatic carbocycles. The largest absolute Gasteiger partial charge is 0.378 e. The van der Waals surface area contributed by atoms with E-state index in [0.717, 1.165) is 23.6 Å². The second kappa shape index (κ2) is 10.3. The van der Waals surface area contributed by atoms with E-state index in [-0.39, 0.29) is 11.0 Å². The molecule has 0 spiro atoms. The van der Waals surface area contributed by atoms with E-state index in [1.165, 1.54) is 0 Å². The summed E-state index contributed by atoms with van der Waals surface area (Å²) in [6.07, 6.45) is 1.000. The molecule has 0 aliphatic heterocycles. The van der Waals surface area contributed by atoms with Gasteiger partial charge in [-0.05, 0) is 44.5 Å². The molecule has 2 atom stereocenters. The first kappa shape index (κ1) is 21.4. The minimum Gasteiger partial charge on any atom is -0.378 e. The Balaban J connectivity index is 3.16. The van der Waals surface area contributed by atoms with Crippen molar-refractivity contribution < 1.29 is 4.79 Å². The number of nitrogens with one attached hydrogen (secondary N) is 1. The first-order valence-electron chi connectivity index (χ1n) is 8.73. The van der Waals surface area contributed by atoms with Gasteiger partial charge in [-0.2, -0.15) is 5.10 Å². The number of anilines is 2. The Morgan fingerprint density at radius 1 is 1.20 bits per heavy atom. The second-order valence-corrected chi connectivity index (χ2v) is 7.69. The van der Waals surface area contributed by atoms with Crippen LogP contribution in [0, 0.1) is 5.92 Å². The summed E-state index contributed by atoms with van der Waals surface area (Å²) < 4.78 is 0. The summed E-state index contributed by atoms with van der Waals surface area (Å²) in [5.74, 6) is 2.19. The van der Waals surface area contributed by atoms with E-state index < -0.39 is 0 Å². The SMILES string of the molecule is CCC(C)/C(=N/NC)N(CSC(C)C(C)=O)c1ccc(N(C)C)cc1. The normalized spacial score (nSPS) is 14.0. The zero-order valence-electron chi connectivity index (χ0n) is 16.5. The Hall–Kier alpha value is -1.69. The van der Waals surface area contributed by atoms with Crippen LogP contribution in [0.25, 0.3) is 0 Å². The molecule has 1 aromatic rings. The van der Waals surface area contributed by atoms with E-state index in [4.69, 9.17) is 0 Å². The van der Waals surface area contributed by atoms with Crippen LogP contribution < -0.4 is 15.2 Å². The number of carbonyl (C=O) groups is 1. The van der Waals surface area contributed by atoms with E-state index in [1.54, 1.807) is 18.7 Å². The van der Waals surface area contributed by atoms with Gasteiger partial charge in [-0.25, -0.2) is 0 Å².